The van der Waals surface area contributed by atoms with Crippen molar-refractivity contribution in [3.63, 3.8) is 0 Å². The molecular weight excluding hydrogens is 294 g/mol. The number of benzene rings is 1. The van der Waals surface area contributed by atoms with Gasteiger partial charge in [0, 0.05) is 0 Å². The summed E-state index contributed by atoms with van der Waals surface area (Å²) in [6.45, 7) is 9.31. The van der Waals surface area contributed by atoms with E-state index in [0.29, 0.717) is 0 Å². The molecule has 130 valence electrons. The van der Waals surface area contributed by atoms with Gasteiger partial charge in [-0.25, -0.2) is 0 Å². The van der Waals surface area contributed by atoms with E-state index >= 15 is 0 Å². The molecule has 1 rings (SSSR count). The first-order valence-electron chi connectivity index (χ1n) is 7.91. The Kier molecular flexibility index (Phi) is 7.03. The molecule has 0 aliphatic rings. The van der Waals surface area contributed by atoms with Gasteiger partial charge in [0.2, 0.25) is 0 Å². The molecule has 0 aromatic heterocycles. The molecule has 0 aliphatic heterocycles. The highest BCUT2D eigenvalue weighted by Gasteiger charge is 2.29. The van der Waals surface area contributed by atoms with Crippen molar-refractivity contribution in [1.29, 1.82) is 0 Å². The van der Waals surface area contributed by atoms with Crippen LogP contribution in [0.15, 0.2) is 24.3 Å². The minimum Gasteiger partial charge on any atom is -0.497 e. The van der Waals surface area contributed by atoms with Gasteiger partial charge in [-0.05, 0) is 44.4 Å². The number of rotatable bonds is 7. The third-order valence-corrected chi connectivity index (χ3v) is 3.41. The summed E-state index contributed by atoms with van der Waals surface area (Å²) >= 11 is 0. The van der Waals surface area contributed by atoms with Crippen LogP contribution in [0.3, 0.4) is 0 Å². The molecule has 23 heavy (non-hydrogen) atoms. The van der Waals surface area contributed by atoms with E-state index in [1.165, 1.54) is 0 Å². The third-order valence-electron chi connectivity index (χ3n) is 3.41. The van der Waals surface area contributed by atoms with E-state index in [2.05, 4.69) is 5.32 Å². The first-order valence-corrected chi connectivity index (χ1v) is 7.91. The lowest BCUT2D eigenvalue weighted by Gasteiger charge is -2.29. The minimum atomic E-state index is -0.541. The number of carbonyl (C=O) groups excluding carboxylic acids is 1. The van der Waals surface area contributed by atoms with E-state index in [1.54, 1.807) is 7.11 Å². The van der Waals surface area contributed by atoms with Gasteiger partial charge < -0.3 is 14.6 Å². The molecule has 5 heteroatoms. The van der Waals surface area contributed by atoms with Crippen LogP contribution in [0, 0.1) is 5.92 Å². The Morgan fingerprint density at radius 1 is 1.22 bits per heavy atom. The fourth-order valence-corrected chi connectivity index (χ4v) is 2.21. The van der Waals surface area contributed by atoms with Gasteiger partial charge in [-0.3, -0.25) is 10.1 Å². The topological polar surface area (TPSA) is 67.8 Å². The molecule has 2 N–H and O–H groups in total. The number of hydrogen-bond donors (Lipinski definition) is 2. The largest absolute Gasteiger partial charge is 0.497 e. The van der Waals surface area contributed by atoms with Crippen molar-refractivity contribution in [3.8, 4) is 5.75 Å². The van der Waals surface area contributed by atoms with Crippen LogP contribution in [0.1, 0.15) is 46.2 Å². The third kappa shape index (κ3) is 6.20. The van der Waals surface area contributed by atoms with Gasteiger partial charge in [0.1, 0.15) is 17.4 Å². The maximum Gasteiger partial charge on any atom is 0.323 e. The zero-order chi connectivity index (χ0) is 17.6. The molecule has 0 saturated carbocycles. The second-order valence-corrected chi connectivity index (χ2v) is 6.93. The summed E-state index contributed by atoms with van der Waals surface area (Å²) < 4.78 is 10.6. The summed E-state index contributed by atoms with van der Waals surface area (Å²) in [6.07, 6.45) is 0. The van der Waals surface area contributed by atoms with E-state index in [1.807, 2.05) is 58.9 Å². The van der Waals surface area contributed by atoms with Crippen LogP contribution in [-0.2, 0) is 9.53 Å². The van der Waals surface area contributed by atoms with Crippen molar-refractivity contribution in [2.75, 3.05) is 13.7 Å². The van der Waals surface area contributed by atoms with Crippen LogP contribution in [0.2, 0.25) is 0 Å². The van der Waals surface area contributed by atoms with Crippen molar-refractivity contribution in [3.05, 3.63) is 29.8 Å². The summed E-state index contributed by atoms with van der Waals surface area (Å²) in [5.74, 6) is 0.481. The maximum atomic E-state index is 12.4. The number of aliphatic hydroxyl groups is 1. The van der Waals surface area contributed by atoms with E-state index in [-0.39, 0.29) is 24.5 Å². The van der Waals surface area contributed by atoms with Gasteiger partial charge in [-0.2, -0.15) is 0 Å². The zero-order valence-electron chi connectivity index (χ0n) is 14.9. The normalized spacial score (nSPS) is 14.4. The number of hydrogen-bond acceptors (Lipinski definition) is 5. The number of aliphatic hydroxyl groups excluding tert-OH is 1. The Morgan fingerprint density at radius 3 is 2.17 bits per heavy atom. The molecule has 1 aromatic rings. The summed E-state index contributed by atoms with van der Waals surface area (Å²) in [5, 5.41) is 12.9. The lowest BCUT2D eigenvalue weighted by Crippen LogP contribution is -2.46. The molecule has 0 radical (unpaired) electrons. The van der Waals surface area contributed by atoms with Gasteiger partial charge in [0.25, 0.3) is 0 Å². The smallest absolute Gasteiger partial charge is 0.323 e. The van der Waals surface area contributed by atoms with Gasteiger partial charge in [-0.1, -0.05) is 26.0 Å². The second-order valence-electron chi connectivity index (χ2n) is 6.93. The van der Waals surface area contributed by atoms with Crippen molar-refractivity contribution in [2.24, 2.45) is 5.92 Å². The van der Waals surface area contributed by atoms with Crippen molar-refractivity contribution in [2.45, 2.75) is 52.3 Å². The monoisotopic (exact) mass is 323 g/mol. The number of carbonyl (C=O) groups is 1. The molecule has 2 atom stereocenters. The lowest BCUT2D eigenvalue weighted by atomic mass is 10.00. The summed E-state index contributed by atoms with van der Waals surface area (Å²) in [7, 11) is 1.61. The number of methoxy groups -OCH3 is 1. The first-order chi connectivity index (χ1) is 10.7. The Bertz CT molecular complexity index is 491. The van der Waals surface area contributed by atoms with Crippen LogP contribution < -0.4 is 10.1 Å². The number of ether oxygens (including phenoxy) is 2. The average Bonchev–Trinajstić information content (AvgIpc) is 2.46. The summed E-state index contributed by atoms with van der Waals surface area (Å²) in [4.78, 5) is 12.4. The average molecular weight is 323 g/mol. The Hall–Kier alpha value is -1.59. The molecule has 0 amide bonds. The predicted molar refractivity (Wildman–Crippen MR) is 90.4 cm³/mol. The second kappa shape index (κ2) is 8.31. The minimum absolute atomic E-state index is 0.0390. The molecule has 0 heterocycles. The van der Waals surface area contributed by atoms with Crippen LogP contribution >= 0.6 is 0 Å². The van der Waals surface area contributed by atoms with Gasteiger partial charge in [-0.15, -0.1) is 0 Å². The van der Waals surface area contributed by atoms with Crippen molar-refractivity contribution < 1.29 is 19.4 Å². The molecule has 5 nitrogen and oxygen atoms in total. The Balaban J connectivity index is 2.88. The fourth-order valence-electron chi connectivity index (χ4n) is 2.21. The van der Waals surface area contributed by atoms with E-state index in [9.17, 15) is 9.90 Å². The zero-order valence-corrected chi connectivity index (χ0v) is 14.9. The van der Waals surface area contributed by atoms with E-state index < -0.39 is 11.6 Å². The quantitative estimate of drug-likeness (QED) is 0.755. The molecule has 0 saturated heterocycles. The lowest BCUT2D eigenvalue weighted by molar-refractivity contribution is -0.159. The fraction of sp³-hybridized carbons (Fsp3) is 0.611. The first kappa shape index (κ1) is 19.5. The van der Waals surface area contributed by atoms with Gasteiger partial charge >= 0.3 is 5.97 Å². The standard InChI is InChI=1S/C18H29NO4/c1-12(2)16(17(21)23-18(3,4)5)19-15(11-20)13-7-9-14(22-6)10-8-13/h7-10,12,15-16,19-20H,11H2,1-6H3. The highest BCUT2D eigenvalue weighted by atomic mass is 16.6. The SMILES string of the molecule is COc1ccc(C(CO)NC(C(=O)OC(C)(C)C)C(C)C)cc1. The summed E-state index contributed by atoms with van der Waals surface area (Å²) in [5.41, 5.74) is 0.350. The van der Waals surface area contributed by atoms with E-state index in [4.69, 9.17) is 9.47 Å². The summed E-state index contributed by atoms with van der Waals surface area (Å²) in [6, 6.07) is 6.57. The number of esters is 1. The van der Waals surface area contributed by atoms with Crippen molar-refractivity contribution in [1.82, 2.24) is 5.32 Å². The molecular formula is C18H29NO4. The van der Waals surface area contributed by atoms with Gasteiger partial charge in [0.15, 0.2) is 0 Å². The molecule has 0 spiro atoms. The highest BCUT2D eigenvalue weighted by Crippen LogP contribution is 2.20. The Labute approximate surface area is 139 Å². The maximum absolute atomic E-state index is 12.4. The van der Waals surface area contributed by atoms with Crippen LogP contribution in [0.5, 0.6) is 5.75 Å². The van der Waals surface area contributed by atoms with Crippen LogP contribution in [-0.4, -0.2) is 36.4 Å². The predicted octanol–water partition coefficient (Wildman–Crippen LogP) is 2.68. The molecule has 0 fully saturated rings. The molecule has 1 aromatic carbocycles. The van der Waals surface area contributed by atoms with Crippen molar-refractivity contribution >= 4 is 5.97 Å². The molecule has 0 aliphatic carbocycles. The Morgan fingerprint density at radius 2 is 1.78 bits per heavy atom. The van der Waals surface area contributed by atoms with Gasteiger partial charge in [0.05, 0.1) is 19.8 Å². The van der Waals surface area contributed by atoms with E-state index in [0.717, 1.165) is 11.3 Å². The highest BCUT2D eigenvalue weighted by molar-refractivity contribution is 5.76. The van der Waals surface area contributed by atoms with Crippen LogP contribution in [0.25, 0.3) is 0 Å². The number of nitrogens with one attached hydrogen (secondary N) is 1. The van der Waals surface area contributed by atoms with Crippen LogP contribution in [0.4, 0.5) is 0 Å². The molecule has 0 bridgehead atoms. The molecule has 2 unspecified atom stereocenters.